The first-order valence-corrected chi connectivity index (χ1v) is 7.56. The minimum Gasteiger partial charge on any atom is -0.481 e. The lowest BCUT2D eigenvalue weighted by Gasteiger charge is -2.38. The highest BCUT2D eigenvalue weighted by molar-refractivity contribution is 5.77. The molecule has 25 heavy (non-hydrogen) atoms. The van der Waals surface area contributed by atoms with Crippen LogP contribution in [0, 0.1) is 5.41 Å². The molecule has 0 aromatic carbocycles. The lowest BCUT2D eigenvalue weighted by atomic mass is 9.73. The maximum atomic E-state index is 12.0. The smallest absolute Gasteiger partial charge is 0.481 e. The van der Waals surface area contributed by atoms with Crippen molar-refractivity contribution in [3.8, 4) is 0 Å². The summed E-state index contributed by atoms with van der Waals surface area (Å²) in [7, 11) is 2.14. The van der Waals surface area contributed by atoms with Crippen LogP contribution in [-0.4, -0.2) is 60.9 Å². The summed E-state index contributed by atoms with van der Waals surface area (Å²) in [6.07, 6.45) is -4.45. The number of carbonyl (C=O) groups excluding carboxylic acids is 2. The molecule has 2 unspecified atom stereocenters. The molecule has 0 heterocycles. The molecule has 0 radical (unpaired) electrons. The Morgan fingerprint density at radius 2 is 1.32 bits per heavy atom. The van der Waals surface area contributed by atoms with Crippen LogP contribution < -0.4 is 0 Å². The summed E-state index contributed by atoms with van der Waals surface area (Å²) in [5, 5.41) is 18.4. The molecule has 0 fully saturated rings. The monoisotopic (exact) mass is 364 g/mol. The molecule has 0 spiro atoms. The maximum absolute atomic E-state index is 12.0. The second-order valence-corrected chi connectivity index (χ2v) is 5.37. The molecule has 0 aliphatic carbocycles. The van der Waals surface area contributed by atoms with E-state index in [0.29, 0.717) is 0 Å². The second-order valence-electron chi connectivity index (χ2n) is 5.37. The molecule has 0 amide bonds. The van der Waals surface area contributed by atoms with Gasteiger partial charge in [-0.3, -0.25) is 9.59 Å². The van der Waals surface area contributed by atoms with Gasteiger partial charge in [-0.1, -0.05) is 6.42 Å². The van der Waals surface area contributed by atoms with Gasteiger partial charge in [0.1, 0.15) is 17.6 Å². The van der Waals surface area contributed by atoms with E-state index in [-0.39, 0.29) is 25.7 Å². The quantitative estimate of drug-likeness (QED) is 0.436. The zero-order chi connectivity index (χ0) is 19.6. The third kappa shape index (κ3) is 6.48. The normalized spacial score (nSPS) is 15.2. The van der Waals surface area contributed by atoms with Gasteiger partial charge in [0.2, 0.25) is 0 Å². The molecule has 0 aliphatic rings. The molecule has 0 saturated carbocycles. The van der Waals surface area contributed by atoms with Crippen molar-refractivity contribution in [2.24, 2.45) is 5.41 Å². The predicted octanol–water partition coefficient (Wildman–Crippen LogP) is 2.05. The molecule has 10 nitrogen and oxygen atoms in total. The van der Waals surface area contributed by atoms with Crippen LogP contribution >= 0.6 is 0 Å². The Hall–Kier alpha value is -2.52. The summed E-state index contributed by atoms with van der Waals surface area (Å²) in [5.74, 6) is -2.38. The van der Waals surface area contributed by atoms with Gasteiger partial charge in [0.15, 0.2) is 0 Å². The van der Waals surface area contributed by atoms with Crippen molar-refractivity contribution in [1.82, 2.24) is 0 Å². The minimum atomic E-state index is -1.80. The van der Waals surface area contributed by atoms with E-state index in [9.17, 15) is 24.3 Å². The molecule has 0 bridgehead atoms. The summed E-state index contributed by atoms with van der Waals surface area (Å²) in [6.45, 7) is 2.67. The number of unbranched alkanes of at least 4 members (excludes halogenated alkanes) is 1. The van der Waals surface area contributed by atoms with Gasteiger partial charge < -0.3 is 29.2 Å². The van der Waals surface area contributed by atoms with Crippen molar-refractivity contribution < 1.29 is 48.3 Å². The van der Waals surface area contributed by atoms with E-state index < -0.39 is 41.9 Å². The SMILES string of the molecule is COC(=O)OC(C)C(CCCCC(=O)O)(C(=O)O)C(C)OC(=O)OC. The molecule has 0 aliphatic heterocycles. The van der Waals surface area contributed by atoms with Gasteiger partial charge in [-0.25, -0.2) is 9.59 Å². The van der Waals surface area contributed by atoms with Crippen LogP contribution in [0.2, 0.25) is 0 Å². The van der Waals surface area contributed by atoms with Gasteiger partial charge in [0.25, 0.3) is 0 Å². The minimum absolute atomic E-state index is 0.0913. The zero-order valence-electron chi connectivity index (χ0n) is 14.6. The predicted molar refractivity (Wildman–Crippen MR) is 82.1 cm³/mol. The average molecular weight is 364 g/mol. The van der Waals surface area contributed by atoms with Crippen molar-refractivity contribution >= 4 is 24.2 Å². The van der Waals surface area contributed by atoms with Crippen molar-refractivity contribution in [2.75, 3.05) is 14.2 Å². The Labute approximate surface area is 145 Å². The molecular weight excluding hydrogens is 340 g/mol. The Kier molecular flexibility index (Phi) is 9.32. The van der Waals surface area contributed by atoms with Crippen molar-refractivity contribution in [3.05, 3.63) is 0 Å². The van der Waals surface area contributed by atoms with Gasteiger partial charge in [-0.05, 0) is 26.7 Å². The number of carboxylic acids is 2. The number of rotatable bonds is 10. The molecular formula is C15H24O10. The summed E-state index contributed by atoms with van der Waals surface area (Å²) in [5.41, 5.74) is -1.80. The van der Waals surface area contributed by atoms with Crippen LogP contribution in [0.5, 0.6) is 0 Å². The topological polar surface area (TPSA) is 146 Å². The van der Waals surface area contributed by atoms with E-state index in [4.69, 9.17) is 14.6 Å². The summed E-state index contributed by atoms with van der Waals surface area (Å²) >= 11 is 0. The molecule has 144 valence electrons. The highest BCUT2D eigenvalue weighted by Crippen LogP contribution is 2.37. The Balaban J connectivity index is 5.50. The second kappa shape index (κ2) is 10.4. The summed E-state index contributed by atoms with van der Waals surface area (Å²) in [6, 6.07) is 0. The van der Waals surface area contributed by atoms with Gasteiger partial charge in [-0.2, -0.15) is 0 Å². The summed E-state index contributed by atoms with van der Waals surface area (Å²) in [4.78, 5) is 45.3. The van der Waals surface area contributed by atoms with E-state index in [1.807, 2.05) is 0 Å². The zero-order valence-corrected chi connectivity index (χ0v) is 14.6. The lowest BCUT2D eigenvalue weighted by molar-refractivity contribution is -0.170. The van der Waals surface area contributed by atoms with E-state index in [2.05, 4.69) is 9.47 Å². The van der Waals surface area contributed by atoms with E-state index in [0.717, 1.165) is 14.2 Å². The number of aliphatic carboxylic acids is 2. The highest BCUT2D eigenvalue weighted by Gasteiger charge is 2.52. The number of hydrogen-bond donors (Lipinski definition) is 2. The van der Waals surface area contributed by atoms with Crippen molar-refractivity contribution in [3.63, 3.8) is 0 Å². The van der Waals surface area contributed by atoms with Crippen molar-refractivity contribution in [1.29, 1.82) is 0 Å². The van der Waals surface area contributed by atoms with E-state index in [1.165, 1.54) is 13.8 Å². The highest BCUT2D eigenvalue weighted by atomic mass is 16.7. The average Bonchev–Trinajstić information content (AvgIpc) is 2.53. The van der Waals surface area contributed by atoms with Gasteiger partial charge in [0.05, 0.1) is 14.2 Å². The first-order chi connectivity index (χ1) is 11.6. The molecule has 2 atom stereocenters. The molecule has 10 heteroatoms. The molecule has 0 saturated heterocycles. The Morgan fingerprint density at radius 1 is 0.880 bits per heavy atom. The molecule has 0 aromatic rings. The molecule has 2 N–H and O–H groups in total. The van der Waals surface area contributed by atoms with Gasteiger partial charge in [0, 0.05) is 6.42 Å². The number of hydrogen-bond acceptors (Lipinski definition) is 8. The van der Waals surface area contributed by atoms with Crippen LogP contribution in [-0.2, 0) is 28.5 Å². The number of carbonyl (C=O) groups is 4. The molecule has 0 aromatic heterocycles. The third-order valence-electron chi connectivity index (χ3n) is 3.96. The fraction of sp³-hybridized carbons (Fsp3) is 0.733. The number of carboxylic acid groups (broad SMARTS) is 2. The van der Waals surface area contributed by atoms with E-state index in [1.54, 1.807) is 0 Å². The van der Waals surface area contributed by atoms with Crippen LogP contribution in [0.1, 0.15) is 39.5 Å². The lowest BCUT2D eigenvalue weighted by Crippen LogP contribution is -2.52. The summed E-state index contributed by atoms with van der Waals surface area (Å²) < 4.78 is 18.6. The van der Waals surface area contributed by atoms with Crippen LogP contribution in [0.15, 0.2) is 0 Å². The fourth-order valence-corrected chi connectivity index (χ4v) is 2.48. The Bertz CT molecular complexity index is 463. The third-order valence-corrected chi connectivity index (χ3v) is 3.96. The first-order valence-electron chi connectivity index (χ1n) is 7.56. The van der Waals surface area contributed by atoms with Gasteiger partial charge in [-0.15, -0.1) is 0 Å². The van der Waals surface area contributed by atoms with Crippen LogP contribution in [0.3, 0.4) is 0 Å². The van der Waals surface area contributed by atoms with Gasteiger partial charge >= 0.3 is 24.2 Å². The largest absolute Gasteiger partial charge is 0.508 e. The van der Waals surface area contributed by atoms with E-state index >= 15 is 0 Å². The number of ether oxygens (including phenoxy) is 4. The van der Waals surface area contributed by atoms with Crippen LogP contribution in [0.4, 0.5) is 9.59 Å². The maximum Gasteiger partial charge on any atom is 0.508 e. The van der Waals surface area contributed by atoms with Crippen LogP contribution in [0.25, 0.3) is 0 Å². The van der Waals surface area contributed by atoms with Crippen molar-refractivity contribution in [2.45, 2.75) is 51.7 Å². The first kappa shape index (κ1) is 22.5. The fourth-order valence-electron chi connectivity index (χ4n) is 2.48. The standard InChI is InChI=1S/C15H24O10/c1-9(24-13(20)22-3)15(12(18)19,8-6-5-7-11(16)17)10(2)25-14(21)23-4/h9-10H,5-8H2,1-4H3,(H,16,17)(H,18,19). The number of methoxy groups -OCH3 is 2. The molecule has 0 rings (SSSR count). The Morgan fingerprint density at radius 3 is 1.64 bits per heavy atom.